The molecule has 0 saturated heterocycles. The summed E-state index contributed by atoms with van der Waals surface area (Å²) in [6.45, 7) is 7.43. The summed E-state index contributed by atoms with van der Waals surface area (Å²) in [6.07, 6.45) is 2.56. The molecule has 5 rings (SSSR count). The Morgan fingerprint density at radius 3 is 2.62 bits per heavy atom. The third kappa shape index (κ3) is 5.55. The Morgan fingerprint density at radius 1 is 1.17 bits per heavy atom. The van der Waals surface area contributed by atoms with E-state index in [9.17, 15) is 19.5 Å². The van der Waals surface area contributed by atoms with Crippen LogP contribution in [0, 0.1) is 0 Å². The number of nitrogens with zero attached hydrogens (tertiary/aromatic N) is 5. The molecule has 42 heavy (non-hydrogen) atoms. The molecule has 1 aliphatic heterocycles. The molecular weight excluding hydrogens is 538 g/mol. The predicted octanol–water partition coefficient (Wildman–Crippen LogP) is 3.45. The molecule has 4 aromatic rings. The normalized spacial score (nSPS) is 14.8. The number of nitrogen functional groups attached to an aromatic ring is 1. The van der Waals surface area contributed by atoms with Gasteiger partial charge in [0.1, 0.15) is 23.4 Å². The average molecular weight is 572 g/mol. The number of imidazole rings is 1. The molecule has 0 aliphatic carbocycles. The molecule has 4 N–H and O–H groups in total. The van der Waals surface area contributed by atoms with Gasteiger partial charge >= 0.3 is 11.8 Å². The second-order valence-electron chi connectivity index (χ2n) is 11.2. The van der Waals surface area contributed by atoms with Gasteiger partial charge in [0.25, 0.3) is 5.91 Å². The maximum Gasteiger partial charge on any atom is 0.410 e. The monoisotopic (exact) mass is 571 g/mol. The lowest BCUT2D eigenvalue weighted by Crippen LogP contribution is -2.48. The zero-order chi connectivity index (χ0) is 30.2. The summed E-state index contributed by atoms with van der Waals surface area (Å²) in [5.74, 6) is -0.670. The van der Waals surface area contributed by atoms with Gasteiger partial charge in [-0.3, -0.25) is 18.8 Å². The van der Waals surface area contributed by atoms with Gasteiger partial charge in [-0.15, -0.1) is 0 Å². The number of fused-ring (bicyclic) bond motifs is 1. The van der Waals surface area contributed by atoms with Crippen LogP contribution in [-0.2, 0) is 24.4 Å². The van der Waals surface area contributed by atoms with Crippen molar-refractivity contribution in [1.82, 2.24) is 29.3 Å². The molecule has 0 spiro atoms. The summed E-state index contributed by atoms with van der Waals surface area (Å²) >= 11 is 0. The fourth-order valence-electron chi connectivity index (χ4n) is 4.97. The van der Waals surface area contributed by atoms with Crippen LogP contribution in [0.5, 0.6) is 5.75 Å². The van der Waals surface area contributed by atoms with Gasteiger partial charge in [0.2, 0.25) is 0 Å². The summed E-state index contributed by atoms with van der Waals surface area (Å²) in [4.78, 5) is 50.7. The number of hydrogen-bond donors (Lipinski definition) is 3. The molecule has 1 unspecified atom stereocenters. The molecule has 1 aliphatic rings. The van der Waals surface area contributed by atoms with Crippen LogP contribution in [0.25, 0.3) is 16.9 Å². The predicted molar refractivity (Wildman–Crippen MR) is 156 cm³/mol. The van der Waals surface area contributed by atoms with Crippen LogP contribution in [0.3, 0.4) is 0 Å². The zero-order valence-electron chi connectivity index (χ0n) is 23.9. The molecule has 3 heterocycles. The van der Waals surface area contributed by atoms with E-state index in [1.807, 2.05) is 31.2 Å². The Hall–Kier alpha value is -5.13. The standard InChI is InChI=1S/C30H33N7O5/c1-18-15-36-24(16-35(18)29(41)42-30(2,3)4)26(37(28(36)40)20-9-10-25(38)22(31)13-20)27(39)33-14-19-7-5-6-8-21(19)23-11-12-32-17-34-23/h5-13,17-18,38H,14-16,31H2,1-4H3,(H,33,39). The number of hydrogen-bond acceptors (Lipinski definition) is 8. The van der Waals surface area contributed by atoms with Crippen molar-refractivity contribution in [1.29, 1.82) is 0 Å². The van der Waals surface area contributed by atoms with Gasteiger partial charge in [0.05, 0.1) is 35.3 Å². The highest BCUT2D eigenvalue weighted by molar-refractivity contribution is 5.95. The number of aromatic hydroxyl groups is 1. The van der Waals surface area contributed by atoms with Crippen molar-refractivity contribution in [3.05, 3.63) is 88.5 Å². The fraction of sp³-hybridized carbons (Fsp3) is 0.300. The quantitative estimate of drug-likeness (QED) is 0.243. The van der Waals surface area contributed by atoms with E-state index in [0.717, 1.165) is 11.1 Å². The number of nitrogens with one attached hydrogen (secondary N) is 1. The lowest BCUT2D eigenvalue weighted by atomic mass is 10.0. The van der Waals surface area contributed by atoms with E-state index in [0.29, 0.717) is 17.1 Å². The van der Waals surface area contributed by atoms with Crippen molar-refractivity contribution in [2.75, 3.05) is 5.73 Å². The van der Waals surface area contributed by atoms with Crippen molar-refractivity contribution in [3.63, 3.8) is 0 Å². The molecule has 0 saturated carbocycles. The molecule has 0 radical (unpaired) electrons. The smallest absolute Gasteiger partial charge is 0.410 e. The SMILES string of the molecule is CC1Cn2c(c(C(=O)NCc3ccccc3-c3ccncn3)n(-c3ccc(O)c(N)c3)c2=O)CN1C(=O)OC(C)(C)C. The molecule has 12 nitrogen and oxygen atoms in total. The Bertz CT molecular complexity index is 1710. The number of phenolic OH excluding ortho intramolecular Hbond substituents is 1. The molecule has 0 bridgehead atoms. The second-order valence-corrected chi connectivity index (χ2v) is 11.2. The van der Waals surface area contributed by atoms with Crippen molar-refractivity contribution in [3.8, 4) is 22.7 Å². The third-order valence-electron chi connectivity index (χ3n) is 6.97. The first kappa shape index (κ1) is 28.4. The first-order valence-corrected chi connectivity index (χ1v) is 13.5. The van der Waals surface area contributed by atoms with Crippen molar-refractivity contribution < 1.29 is 19.4 Å². The number of ether oxygens (including phenoxy) is 1. The van der Waals surface area contributed by atoms with Gasteiger partial charge < -0.3 is 20.9 Å². The van der Waals surface area contributed by atoms with E-state index in [1.54, 1.807) is 33.0 Å². The lowest BCUT2D eigenvalue weighted by molar-refractivity contribution is 0.00951. The minimum atomic E-state index is -0.722. The van der Waals surface area contributed by atoms with E-state index in [-0.39, 0.29) is 42.8 Å². The summed E-state index contributed by atoms with van der Waals surface area (Å²) in [7, 11) is 0. The number of nitrogens with two attached hydrogens (primary N) is 1. The van der Waals surface area contributed by atoms with Crippen LogP contribution < -0.4 is 16.7 Å². The number of carbonyl (C=O) groups excluding carboxylic acids is 2. The largest absolute Gasteiger partial charge is 0.506 e. The Morgan fingerprint density at radius 2 is 1.93 bits per heavy atom. The zero-order valence-corrected chi connectivity index (χ0v) is 23.9. The Labute approximate surface area is 242 Å². The highest BCUT2D eigenvalue weighted by atomic mass is 16.6. The van der Waals surface area contributed by atoms with E-state index >= 15 is 0 Å². The molecule has 2 amide bonds. The topological polar surface area (TPSA) is 158 Å². The van der Waals surface area contributed by atoms with Crippen molar-refractivity contribution >= 4 is 17.7 Å². The number of benzene rings is 2. The summed E-state index contributed by atoms with van der Waals surface area (Å²) in [5.41, 5.74) is 7.89. The van der Waals surface area contributed by atoms with Gasteiger partial charge in [-0.2, -0.15) is 0 Å². The molecular formula is C30H33N7O5. The molecule has 12 heteroatoms. The Balaban J connectivity index is 1.56. The van der Waals surface area contributed by atoms with Crippen LogP contribution >= 0.6 is 0 Å². The maximum absolute atomic E-state index is 14.0. The van der Waals surface area contributed by atoms with Gasteiger partial charge in [0, 0.05) is 24.8 Å². The maximum atomic E-state index is 14.0. The van der Waals surface area contributed by atoms with E-state index < -0.39 is 23.3 Å². The first-order valence-electron chi connectivity index (χ1n) is 13.5. The van der Waals surface area contributed by atoms with Crippen LogP contribution in [0.4, 0.5) is 10.5 Å². The van der Waals surface area contributed by atoms with Crippen molar-refractivity contribution in [2.45, 2.75) is 59.0 Å². The minimum absolute atomic E-state index is 0.0217. The summed E-state index contributed by atoms with van der Waals surface area (Å²) in [6, 6.07) is 13.2. The van der Waals surface area contributed by atoms with Gasteiger partial charge in [-0.05, 0) is 57.5 Å². The number of anilines is 1. The van der Waals surface area contributed by atoms with E-state index in [1.165, 1.54) is 38.6 Å². The highest BCUT2D eigenvalue weighted by Gasteiger charge is 2.36. The van der Waals surface area contributed by atoms with Crippen LogP contribution in [0.1, 0.15) is 49.4 Å². The summed E-state index contributed by atoms with van der Waals surface area (Å²) < 4.78 is 8.38. The van der Waals surface area contributed by atoms with Crippen LogP contribution in [-0.4, -0.2) is 52.8 Å². The molecule has 2 aromatic carbocycles. The van der Waals surface area contributed by atoms with Gasteiger partial charge in [0.15, 0.2) is 0 Å². The lowest BCUT2D eigenvalue weighted by Gasteiger charge is -2.35. The number of amides is 2. The van der Waals surface area contributed by atoms with E-state index in [4.69, 9.17) is 10.5 Å². The van der Waals surface area contributed by atoms with Gasteiger partial charge in [-0.1, -0.05) is 24.3 Å². The molecule has 1 atom stereocenters. The van der Waals surface area contributed by atoms with E-state index in [2.05, 4.69) is 15.3 Å². The molecule has 2 aromatic heterocycles. The van der Waals surface area contributed by atoms with Crippen LogP contribution in [0.15, 0.2) is 65.8 Å². The summed E-state index contributed by atoms with van der Waals surface area (Å²) in [5, 5.41) is 12.9. The minimum Gasteiger partial charge on any atom is -0.506 e. The van der Waals surface area contributed by atoms with Crippen LogP contribution in [0.2, 0.25) is 0 Å². The number of rotatable bonds is 5. The Kier molecular flexibility index (Phi) is 7.46. The average Bonchev–Trinajstić information content (AvgIpc) is 3.23. The first-order chi connectivity index (χ1) is 19.9. The fourth-order valence-corrected chi connectivity index (χ4v) is 4.97. The second kappa shape index (κ2) is 11.0. The highest BCUT2D eigenvalue weighted by Crippen LogP contribution is 2.28. The molecule has 218 valence electrons. The number of phenols is 1. The molecule has 0 fully saturated rings. The number of aromatic nitrogens is 4. The number of carbonyl (C=O) groups is 2. The van der Waals surface area contributed by atoms with Gasteiger partial charge in [-0.25, -0.2) is 19.6 Å². The van der Waals surface area contributed by atoms with Crippen molar-refractivity contribution in [2.24, 2.45) is 0 Å². The third-order valence-corrected chi connectivity index (χ3v) is 6.97.